The second-order valence-corrected chi connectivity index (χ2v) is 4.00. The van der Waals surface area contributed by atoms with Crippen LogP contribution in [-0.2, 0) is 5.75 Å². The van der Waals surface area contributed by atoms with E-state index in [0.29, 0.717) is 16.5 Å². The lowest BCUT2D eigenvalue weighted by Gasteiger charge is -2.01. The van der Waals surface area contributed by atoms with Crippen molar-refractivity contribution in [3.63, 3.8) is 0 Å². The molecule has 0 unspecified atom stereocenters. The van der Waals surface area contributed by atoms with Crippen LogP contribution in [0.5, 0.6) is 0 Å². The first kappa shape index (κ1) is 11.5. The maximum Gasteiger partial charge on any atom is 0.301 e. The number of nitrogen functional groups attached to an aromatic ring is 2. The van der Waals surface area contributed by atoms with Gasteiger partial charge in [-0.05, 0) is 6.07 Å². The third-order valence-electron chi connectivity index (χ3n) is 1.98. The molecule has 0 fully saturated rings. The number of hydrazine groups is 1. The van der Waals surface area contributed by atoms with Crippen molar-refractivity contribution in [2.75, 3.05) is 5.84 Å². The van der Waals surface area contributed by atoms with Crippen molar-refractivity contribution in [2.45, 2.75) is 10.9 Å². The SMILES string of the molecule is NNC(=O)c1occc1CSc1nncn1N. The summed E-state index contributed by atoms with van der Waals surface area (Å²) in [5.74, 6) is 10.8. The van der Waals surface area contributed by atoms with Gasteiger partial charge in [-0.15, -0.1) is 10.2 Å². The number of amides is 1. The second-order valence-electron chi connectivity index (χ2n) is 3.06. The number of hydrogen-bond donors (Lipinski definition) is 3. The van der Waals surface area contributed by atoms with Crippen molar-refractivity contribution < 1.29 is 9.21 Å². The molecule has 0 saturated heterocycles. The Morgan fingerprint density at radius 2 is 2.47 bits per heavy atom. The molecule has 2 heterocycles. The van der Waals surface area contributed by atoms with E-state index in [0.717, 1.165) is 0 Å². The van der Waals surface area contributed by atoms with Crippen molar-refractivity contribution >= 4 is 17.7 Å². The van der Waals surface area contributed by atoms with Crippen LogP contribution < -0.4 is 17.1 Å². The number of furan rings is 1. The van der Waals surface area contributed by atoms with Gasteiger partial charge < -0.3 is 10.3 Å². The summed E-state index contributed by atoms with van der Waals surface area (Å²) < 4.78 is 6.34. The molecule has 2 aromatic rings. The van der Waals surface area contributed by atoms with Gasteiger partial charge in [0, 0.05) is 11.3 Å². The summed E-state index contributed by atoms with van der Waals surface area (Å²) in [5, 5.41) is 7.99. The quantitative estimate of drug-likeness (QED) is 0.290. The number of nitrogens with one attached hydrogen (secondary N) is 1. The number of thioether (sulfide) groups is 1. The molecule has 90 valence electrons. The van der Waals surface area contributed by atoms with E-state index in [9.17, 15) is 4.79 Å². The summed E-state index contributed by atoms with van der Waals surface area (Å²) in [6.07, 6.45) is 2.82. The Kier molecular flexibility index (Phi) is 3.30. The van der Waals surface area contributed by atoms with Gasteiger partial charge in [-0.3, -0.25) is 10.2 Å². The van der Waals surface area contributed by atoms with Gasteiger partial charge in [0.15, 0.2) is 5.76 Å². The molecule has 0 aromatic carbocycles. The molecule has 17 heavy (non-hydrogen) atoms. The van der Waals surface area contributed by atoms with Gasteiger partial charge >= 0.3 is 5.91 Å². The summed E-state index contributed by atoms with van der Waals surface area (Å²) in [7, 11) is 0. The third-order valence-corrected chi connectivity index (χ3v) is 2.99. The highest BCUT2D eigenvalue weighted by Crippen LogP contribution is 2.22. The molecule has 2 aromatic heterocycles. The van der Waals surface area contributed by atoms with Crippen LogP contribution >= 0.6 is 11.8 Å². The van der Waals surface area contributed by atoms with Crippen LogP contribution in [0.1, 0.15) is 16.1 Å². The fourth-order valence-electron chi connectivity index (χ4n) is 1.19. The van der Waals surface area contributed by atoms with Gasteiger partial charge in [0.25, 0.3) is 0 Å². The van der Waals surface area contributed by atoms with Gasteiger partial charge in [0.05, 0.1) is 6.26 Å². The Bertz CT molecular complexity index is 522. The Balaban J connectivity index is 2.07. The monoisotopic (exact) mass is 254 g/mol. The lowest BCUT2D eigenvalue weighted by atomic mass is 10.3. The lowest BCUT2D eigenvalue weighted by Crippen LogP contribution is -2.30. The highest BCUT2D eigenvalue weighted by Gasteiger charge is 2.15. The number of carbonyl (C=O) groups is 1. The zero-order valence-electron chi connectivity index (χ0n) is 8.66. The molecule has 9 heteroatoms. The van der Waals surface area contributed by atoms with Crippen molar-refractivity contribution in [3.05, 3.63) is 30.0 Å². The first-order chi connectivity index (χ1) is 8.22. The molecule has 0 atom stereocenters. The van der Waals surface area contributed by atoms with Gasteiger partial charge in [0.1, 0.15) is 6.33 Å². The molecule has 0 saturated carbocycles. The van der Waals surface area contributed by atoms with E-state index in [-0.39, 0.29) is 5.76 Å². The number of nitrogens with zero attached hydrogens (tertiary/aromatic N) is 3. The fraction of sp³-hybridized carbons (Fsp3) is 0.125. The standard InChI is InChI=1S/C8H10N6O2S/c9-12-7(15)6-5(1-2-16-6)3-17-8-13-11-4-14(8)10/h1-2,4H,3,9-10H2,(H,12,15). The molecule has 0 aliphatic heterocycles. The highest BCUT2D eigenvalue weighted by molar-refractivity contribution is 7.98. The average Bonchev–Trinajstić information content (AvgIpc) is 2.94. The number of aromatic nitrogens is 3. The first-order valence-corrected chi connectivity index (χ1v) is 5.56. The van der Waals surface area contributed by atoms with E-state index in [1.807, 2.05) is 5.43 Å². The third kappa shape index (κ3) is 2.40. The van der Waals surface area contributed by atoms with Crippen molar-refractivity contribution in [3.8, 4) is 0 Å². The summed E-state index contributed by atoms with van der Waals surface area (Å²) in [6.45, 7) is 0. The average molecular weight is 254 g/mol. The summed E-state index contributed by atoms with van der Waals surface area (Å²) in [6, 6.07) is 1.69. The van der Waals surface area contributed by atoms with Crippen LogP contribution in [-0.4, -0.2) is 20.8 Å². The molecule has 0 aliphatic rings. The van der Waals surface area contributed by atoms with Crippen molar-refractivity contribution in [1.82, 2.24) is 20.3 Å². The van der Waals surface area contributed by atoms with Crippen LogP contribution in [0.4, 0.5) is 0 Å². The summed E-state index contributed by atoms with van der Waals surface area (Å²) >= 11 is 1.34. The first-order valence-electron chi connectivity index (χ1n) is 4.57. The summed E-state index contributed by atoms with van der Waals surface area (Å²) in [5.41, 5.74) is 2.72. The Morgan fingerprint density at radius 3 is 3.12 bits per heavy atom. The minimum atomic E-state index is -0.472. The molecule has 0 aliphatic carbocycles. The van der Waals surface area contributed by atoms with Crippen LogP contribution in [0, 0.1) is 0 Å². The van der Waals surface area contributed by atoms with E-state index in [1.165, 1.54) is 29.0 Å². The van der Waals surface area contributed by atoms with Gasteiger partial charge in [-0.2, -0.15) is 0 Å². The minimum Gasteiger partial charge on any atom is -0.459 e. The Labute approximate surface area is 100 Å². The van der Waals surface area contributed by atoms with Crippen LogP contribution in [0.15, 0.2) is 28.2 Å². The molecule has 8 nitrogen and oxygen atoms in total. The predicted octanol–water partition coefficient (Wildman–Crippen LogP) is -0.519. The van der Waals surface area contributed by atoms with Gasteiger partial charge in [0.2, 0.25) is 5.16 Å². The van der Waals surface area contributed by atoms with Crippen LogP contribution in [0.2, 0.25) is 0 Å². The van der Waals surface area contributed by atoms with E-state index in [4.69, 9.17) is 16.1 Å². The second kappa shape index (κ2) is 4.89. The molecule has 0 bridgehead atoms. The Hall–Kier alpha value is -2.00. The molecule has 2 rings (SSSR count). The van der Waals surface area contributed by atoms with Gasteiger partial charge in [-0.25, -0.2) is 10.5 Å². The molecule has 5 N–H and O–H groups in total. The predicted molar refractivity (Wildman–Crippen MR) is 60.1 cm³/mol. The smallest absolute Gasteiger partial charge is 0.301 e. The van der Waals surface area contributed by atoms with Crippen molar-refractivity contribution in [2.24, 2.45) is 5.84 Å². The van der Waals surface area contributed by atoms with Gasteiger partial charge in [-0.1, -0.05) is 11.8 Å². The molecule has 1 amide bonds. The number of nitrogens with two attached hydrogens (primary N) is 2. The topological polar surface area (TPSA) is 125 Å². The minimum absolute atomic E-state index is 0.183. The number of rotatable bonds is 4. The van der Waals surface area contributed by atoms with Crippen LogP contribution in [0.3, 0.4) is 0 Å². The van der Waals surface area contributed by atoms with E-state index in [2.05, 4.69) is 10.2 Å². The largest absolute Gasteiger partial charge is 0.459 e. The number of hydrogen-bond acceptors (Lipinski definition) is 7. The number of carbonyl (C=O) groups excluding carboxylic acids is 1. The van der Waals surface area contributed by atoms with Crippen molar-refractivity contribution in [1.29, 1.82) is 0 Å². The fourth-order valence-corrected chi connectivity index (χ4v) is 2.00. The molecule has 0 spiro atoms. The van der Waals surface area contributed by atoms with Crippen LogP contribution in [0.25, 0.3) is 0 Å². The molecular formula is C8H10N6O2S. The maximum atomic E-state index is 11.3. The normalized spacial score (nSPS) is 10.4. The van der Waals surface area contributed by atoms with E-state index < -0.39 is 5.91 Å². The zero-order valence-corrected chi connectivity index (χ0v) is 9.48. The zero-order chi connectivity index (χ0) is 12.3. The highest BCUT2D eigenvalue weighted by atomic mass is 32.2. The molecule has 0 radical (unpaired) electrons. The maximum absolute atomic E-state index is 11.3. The van der Waals surface area contributed by atoms with E-state index >= 15 is 0 Å². The van der Waals surface area contributed by atoms with E-state index in [1.54, 1.807) is 6.07 Å². The Morgan fingerprint density at radius 1 is 1.65 bits per heavy atom. The molecular weight excluding hydrogens is 244 g/mol. The lowest BCUT2D eigenvalue weighted by molar-refractivity contribution is 0.0925. The summed E-state index contributed by atoms with van der Waals surface area (Å²) in [4.78, 5) is 11.3.